The monoisotopic (exact) mass is 521 g/mol. The van der Waals surface area contributed by atoms with E-state index in [0.29, 0.717) is 5.76 Å². The highest BCUT2D eigenvalue weighted by Crippen LogP contribution is 2.48. The zero-order chi connectivity index (χ0) is 27.8. The molecule has 0 aromatic heterocycles. The predicted molar refractivity (Wildman–Crippen MR) is 165 cm³/mol. The van der Waals surface area contributed by atoms with Crippen molar-refractivity contribution in [1.82, 2.24) is 0 Å². The lowest BCUT2D eigenvalue weighted by molar-refractivity contribution is -0.437. The predicted octanol–water partition coefficient (Wildman–Crippen LogP) is 9.04. The maximum Gasteiger partial charge on any atom is 0.209 e. The van der Waals surface area contributed by atoms with Gasteiger partial charge in [0.15, 0.2) is 5.71 Å². The van der Waals surface area contributed by atoms with Crippen molar-refractivity contribution < 1.29 is 9.68 Å². The topological polar surface area (TPSA) is 26.5 Å². The fourth-order valence-corrected chi connectivity index (χ4v) is 6.81. The van der Waals surface area contributed by atoms with Crippen LogP contribution in [0.2, 0.25) is 0 Å². The van der Waals surface area contributed by atoms with Crippen LogP contribution in [0.4, 0.5) is 11.4 Å². The fraction of sp³-hybridized carbons (Fsp3) is 0.417. The van der Waals surface area contributed by atoms with E-state index in [1.54, 1.807) is 0 Å². The zero-order valence-corrected chi connectivity index (χ0v) is 24.7. The number of aliphatic hydroxyl groups is 1. The Kier molecular flexibility index (Phi) is 7.46. The van der Waals surface area contributed by atoms with Gasteiger partial charge in [0, 0.05) is 47.5 Å². The van der Waals surface area contributed by atoms with Crippen molar-refractivity contribution in [3.8, 4) is 0 Å². The average molecular weight is 522 g/mol. The van der Waals surface area contributed by atoms with Crippen LogP contribution in [-0.4, -0.2) is 28.5 Å². The van der Waals surface area contributed by atoms with Gasteiger partial charge in [0.1, 0.15) is 12.3 Å². The molecule has 2 aliphatic heterocycles. The molecule has 2 aromatic carbocycles. The lowest BCUT2D eigenvalue weighted by atomic mass is 9.81. The minimum atomic E-state index is -0.0675. The van der Waals surface area contributed by atoms with E-state index in [4.69, 9.17) is 0 Å². The van der Waals surface area contributed by atoms with Gasteiger partial charge < -0.3 is 10.0 Å². The first kappa shape index (κ1) is 27.2. The Morgan fingerprint density at radius 3 is 2.31 bits per heavy atom. The maximum atomic E-state index is 11.4. The van der Waals surface area contributed by atoms with Crippen molar-refractivity contribution in [2.45, 2.75) is 84.5 Å². The first-order valence-corrected chi connectivity index (χ1v) is 14.8. The Labute approximate surface area is 235 Å². The van der Waals surface area contributed by atoms with Crippen molar-refractivity contribution >= 4 is 17.1 Å². The van der Waals surface area contributed by atoms with Gasteiger partial charge in [0.2, 0.25) is 5.69 Å². The van der Waals surface area contributed by atoms with Gasteiger partial charge >= 0.3 is 0 Å². The highest BCUT2D eigenvalue weighted by Gasteiger charge is 2.44. The molecule has 3 aliphatic rings. The molecular weight excluding hydrogens is 476 g/mol. The second-order valence-electron chi connectivity index (χ2n) is 12.3. The van der Waals surface area contributed by atoms with E-state index in [2.05, 4.69) is 124 Å². The number of hydrogen-bond donors (Lipinski definition) is 1. The third-order valence-corrected chi connectivity index (χ3v) is 8.88. The standard InChI is InChI=1S/C36H44N2O/c1-7-24-37-30-18-11-9-16-28(30)35(3,4)32(37)22-20-26-14-13-15-27(34(26)39)21-23-33-36(5,6)29-17-10-12-19-31(29)38(33)25-8-2/h9-12,16-23H,7-8,13-15,24-25H2,1-6H3/p+1. The first-order chi connectivity index (χ1) is 18.7. The van der Waals surface area contributed by atoms with E-state index >= 15 is 0 Å². The van der Waals surface area contributed by atoms with Crippen molar-refractivity contribution in [1.29, 1.82) is 0 Å². The average Bonchev–Trinajstić information content (AvgIpc) is 3.27. The van der Waals surface area contributed by atoms with Gasteiger partial charge in [-0.1, -0.05) is 70.2 Å². The molecule has 0 saturated heterocycles. The lowest BCUT2D eigenvalue weighted by Crippen LogP contribution is -2.28. The number of rotatable bonds is 7. The van der Waals surface area contributed by atoms with Gasteiger partial charge in [-0.2, -0.15) is 4.58 Å². The van der Waals surface area contributed by atoms with Crippen molar-refractivity contribution in [3.05, 3.63) is 107 Å². The van der Waals surface area contributed by atoms with Crippen LogP contribution in [0.15, 0.2) is 95.4 Å². The van der Waals surface area contributed by atoms with Crippen LogP contribution in [0.3, 0.4) is 0 Å². The molecule has 2 aromatic rings. The summed E-state index contributed by atoms with van der Waals surface area (Å²) in [5, 5.41) is 11.4. The SMILES string of the molecule is CCCN1C(=CC=C2CCCC(C=CC3=[N+](CCC)c4ccccc4C3(C)C)=C2O)C(C)(C)c2ccccc21. The summed E-state index contributed by atoms with van der Waals surface area (Å²) in [7, 11) is 0. The van der Waals surface area contributed by atoms with Gasteiger partial charge in [-0.25, -0.2) is 0 Å². The van der Waals surface area contributed by atoms with E-state index in [-0.39, 0.29) is 10.8 Å². The number of nitrogens with zero attached hydrogens (tertiary/aromatic N) is 2. The summed E-state index contributed by atoms with van der Waals surface area (Å²) in [5.74, 6) is 0.459. The van der Waals surface area contributed by atoms with Crippen molar-refractivity contribution in [3.63, 3.8) is 0 Å². The third kappa shape index (κ3) is 4.71. The smallest absolute Gasteiger partial charge is 0.209 e. The molecule has 3 heteroatoms. The number of anilines is 1. The first-order valence-electron chi connectivity index (χ1n) is 14.8. The summed E-state index contributed by atoms with van der Waals surface area (Å²) >= 11 is 0. The molecule has 0 fully saturated rings. The van der Waals surface area contributed by atoms with Gasteiger partial charge in [0.05, 0.1) is 5.41 Å². The summed E-state index contributed by atoms with van der Waals surface area (Å²) < 4.78 is 2.47. The highest BCUT2D eigenvalue weighted by atomic mass is 16.3. The molecular formula is C36H45N2O+. The molecule has 1 aliphatic carbocycles. The highest BCUT2D eigenvalue weighted by molar-refractivity contribution is 6.03. The van der Waals surface area contributed by atoms with Crippen LogP contribution in [0.1, 0.15) is 84.8 Å². The molecule has 5 rings (SSSR count). The second kappa shape index (κ2) is 10.7. The number of allylic oxidation sites excluding steroid dienone is 7. The Morgan fingerprint density at radius 2 is 1.56 bits per heavy atom. The number of hydrogen-bond acceptors (Lipinski definition) is 2. The molecule has 0 saturated carbocycles. The summed E-state index contributed by atoms with van der Waals surface area (Å²) in [4.78, 5) is 2.47. The van der Waals surface area contributed by atoms with Crippen LogP contribution in [0.5, 0.6) is 0 Å². The van der Waals surface area contributed by atoms with E-state index in [1.165, 1.54) is 33.9 Å². The molecule has 0 amide bonds. The maximum absolute atomic E-state index is 11.4. The number of benzene rings is 2. The molecule has 0 spiro atoms. The minimum Gasteiger partial charge on any atom is -0.507 e. The normalized spacial score (nSPS) is 21.9. The molecule has 3 nitrogen and oxygen atoms in total. The quantitative estimate of drug-likeness (QED) is 0.368. The Balaban J connectivity index is 1.49. The van der Waals surface area contributed by atoms with Crippen molar-refractivity contribution in [2.75, 3.05) is 18.0 Å². The second-order valence-corrected chi connectivity index (χ2v) is 12.3. The summed E-state index contributed by atoms with van der Waals surface area (Å²) in [5.41, 5.74) is 9.96. The fourth-order valence-electron chi connectivity index (χ4n) is 6.81. The summed E-state index contributed by atoms with van der Waals surface area (Å²) in [6.07, 6.45) is 13.9. The largest absolute Gasteiger partial charge is 0.507 e. The van der Waals surface area contributed by atoms with Crippen LogP contribution in [0.25, 0.3) is 0 Å². The number of aliphatic hydroxyl groups excluding tert-OH is 1. The van der Waals surface area contributed by atoms with E-state index < -0.39 is 0 Å². The Hall–Kier alpha value is -3.33. The molecule has 39 heavy (non-hydrogen) atoms. The molecule has 0 bridgehead atoms. The van der Waals surface area contributed by atoms with E-state index in [9.17, 15) is 5.11 Å². The Bertz CT molecular complexity index is 1410. The van der Waals surface area contributed by atoms with Gasteiger partial charge in [-0.05, 0) is 74.5 Å². The van der Waals surface area contributed by atoms with Crippen LogP contribution >= 0.6 is 0 Å². The molecule has 0 radical (unpaired) electrons. The summed E-state index contributed by atoms with van der Waals surface area (Å²) in [6, 6.07) is 17.6. The number of para-hydroxylation sites is 2. The molecule has 1 N–H and O–H groups in total. The molecule has 0 unspecified atom stereocenters. The lowest BCUT2D eigenvalue weighted by Gasteiger charge is -2.27. The molecule has 204 valence electrons. The van der Waals surface area contributed by atoms with E-state index in [0.717, 1.165) is 56.3 Å². The van der Waals surface area contributed by atoms with Gasteiger partial charge in [-0.15, -0.1) is 0 Å². The summed E-state index contributed by atoms with van der Waals surface area (Å²) in [6.45, 7) is 15.7. The number of fused-ring (bicyclic) bond motifs is 2. The third-order valence-electron chi connectivity index (χ3n) is 8.88. The van der Waals surface area contributed by atoms with Crippen LogP contribution < -0.4 is 4.90 Å². The van der Waals surface area contributed by atoms with Crippen molar-refractivity contribution in [2.24, 2.45) is 0 Å². The van der Waals surface area contributed by atoms with Crippen LogP contribution in [-0.2, 0) is 10.8 Å². The van der Waals surface area contributed by atoms with Gasteiger partial charge in [0.25, 0.3) is 0 Å². The molecule has 0 atom stereocenters. The van der Waals surface area contributed by atoms with Crippen LogP contribution in [0, 0.1) is 0 Å². The van der Waals surface area contributed by atoms with Gasteiger partial charge in [-0.3, -0.25) is 0 Å². The minimum absolute atomic E-state index is 0.0675. The Morgan fingerprint density at radius 1 is 0.846 bits per heavy atom. The van der Waals surface area contributed by atoms with E-state index in [1.807, 2.05) is 0 Å². The zero-order valence-electron chi connectivity index (χ0n) is 24.7. The molecule has 2 heterocycles.